The van der Waals surface area contributed by atoms with Gasteiger partial charge < -0.3 is 9.84 Å². The third-order valence-corrected chi connectivity index (χ3v) is 3.66. The van der Waals surface area contributed by atoms with E-state index < -0.39 is 5.60 Å². The zero-order chi connectivity index (χ0) is 11.6. The molecule has 0 amide bonds. The standard InChI is InChI=1S/C14H20O2/c1-3-16-13-9-5-4-8-12(13)14(15)10-6-7-11(14)2/h4-5,8-9,11,15H,3,6-7,10H2,1-2H3. The van der Waals surface area contributed by atoms with E-state index in [-0.39, 0.29) is 0 Å². The summed E-state index contributed by atoms with van der Waals surface area (Å²) in [6.07, 6.45) is 3.04. The van der Waals surface area contributed by atoms with Crippen molar-refractivity contribution in [3.63, 3.8) is 0 Å². The van der Waals surface area contributed by atoms with E-state index in [0.29, 0.717) is 12.5 Å². The summed E-state index contributed by atoms with van der Waals surface area (Å²) in [5.41, 5.74) is 0.271. The fourth-order valence-electron chi connectivity index (χ4n) is 2.67. The zero-order valence-electron chi connectivity index (χ0n) is 10.1. The Hall–Kier alpha value is -1.02. The van der Waals surface area contributed by atoms with Crippen molar-refractivity contribution >= 4 is 0 Å². The van der Waals surface area contributed by atoms with E-state index in [1.807, 2.05) is 31.2 Å². The molecule has 0 bridgehead atoms. The molecule has 1 aromatic rings. The first kappa shape index (κ1) is 11.5. The van der Waals surface area contributed by atoms with Gasteiger partial charge in [0, 0.05) is 5.56 Å². The summed E-state index contributed by atoms with van der Waals surface area (Å²) in [5.74, 6) is 1.15. The third kappa shape index (κ3) is 1.82. The van der Waals surface area contributed by atoms with Gasteiger partial charge in [0.1, 0.15) is 5.75 Å². The smallest absolute Gasteiger partial charge is 0.125 e. The second-order valence-electron chi connectivity index (χ2n) is 4.65. The predicted molar refractivity (Wildman–Crippen MR) is 64.5 cm³/mol. The molecule has 1 aliphatic rings. The third-order valence-electron chi connectivity index (χ3n) is 3.66. The van der Waals surface area contributed by atoms with Crippen LogP contribution in [0.25, 0.3) is 0 Å². The lowest BCUT2D eigenvalue weighted by atomic mass is 9.84. The van der Waals surface area contributed by atoms with Gasteiger partial charge in [-0.1, -0.05) is 25.1 Å². The first-order chi connectivity index (χ1) is 7.68. The van der Waals surface area contributed by atoms with Crippen LogP contribution in [0.1, 0.15) is 38.7 Å². The van der Waals surface area contributed by atoms with Crippen molar-refractivity contribution in [2.24, 2.45) is 5.92 Å². The molecule has 1 saturated carbocycles. The van der Waals surface area contributed by atoms with E-state index in [9.17, 15) is 5.11 Å². The molecule has 2 nitrogen and oxygen atoms in total. The molecule has 2 atom stereocenters. The second-order valence-corrected chi connectivity index (χ2v) is 4.65. The lowest BCUT2D eigenvalue weighted by Crippen LogP contribution is -2.29. The van der Waals surface area contributed by atoms with Crippen molar-refractivity contribution in [2.45, 2.75) is 38.7 Å². The molecule has 16 heavy (non-hydrogen) atoms. The van der Waals surface area contributed by atoms with Gasteiger partial charge in [-0.3, -0.25) is 0 Å². The van der Waals surface area contributed by atoms with Crippen LogP contribution in [-0.2, 0) is 5.60 Å². The fourth-order valence-corrected chi connectivity index (χ4v) is 2.67. The average molecular weight is 220 g/mol. The number of ether oxygens (including phenoxy) is 1. The van der Waals surface area contributed by atoms with E-state index in [1.165, 1.54) is 0 Å². The van der Waals surface area contributed by atoms with Crippen LogP contribution in [0.2, 0.25) is 0 Å². The van der Waals surface area contributed by atoms with Gasteiger partial charge in [0.15, 0.2) is 0 Å². The Kier molecular flexibility index (Phi) is 3.20. The average Bonchev–Trinajstić information content (AvgIpc) is 2.62. The van der Waals surface area contributed by atoms with E-state index in [1.54, 1.807) is 0 Å². The largest absolute Gasteiger partial charge is 0.493 e. The summed E-state index contributed by atoms with van der Waals surface area (Å²) >= 11 is 0. The van der Waals surface area contributed by atoms with Crippen molar-refractivity contribution in [2.75, 3.05) is 6.61 Å². The molecule has 2 rings (SSSR count). The van der Waals surface area contributed by atoms with E-state index in [0.717, 1.165) is 30.6 Å². The van der Waals surface area contributed by atoms with E-state index in [4.69, 9.17) is 4.74 Å². The Morgan fingerprint density at radius 3 is 2.81 bits per heavy atom. The number of hydrogen-bond acceptors (Lipinski definition) is 2. The SMILES string of the molecule is CCOc1ccccc1C1(O)CCCC1C. The van der Waals surface area contributed by atoms with Crippen LogP contribution < -0.4 is 4.74 Å². The molecule has 2 heteroatoms. The highest BCUT2D eigenvalue weighted by Gasteiger charge is 2.41. The lowest BCUT2D eigenvalue weighted by Gasteiger charge is -2.30. The number of aliphatic hydroxyl groups is 1. The van der Waals surface area contributed by atoms with Gasteiger partial charge in [-0.05, 0) is 38.2 Å². The number of rotatable bonds is 3. The van der Waals surface area contributed by atoms with Crippen LogP contribution in [0.5, 0.6) is 5.75 Å². The Labute approximate surface area is 97.3 Å². The first-order valence-corrected chi connectivity index (χ1v) is 6.13. The van der Waals surface area contributed by atoms with Crippen LogP contribution in [0, 0.1) is 5.92 Å². The van der Waals surface area contributed by atoms with Crippen molar-refractivity contribution in [1.82, 2.24) is 0 Å². The molecule has 1 fully saturated rings. The van der Waals surface area contributed by atoms with Gasteiger partial charge in [0.05, 0.1) is 12.2 Å². The maximum absolute atomic E-state index is 10.8. The molecule has 1 N–H and O–H groups in total. The topological polar surface area (TPSA) is 29.5 Å². The molecule has 2 unspecified atom stereocenters. The van der Waals surface area contributed by atoms with Crippen LogP contribution in [-0.4, -0.2) is 11.7 Å². The van der Waals surface area contributed by atoms with Crippen LogP contribution in [0.4, 0.5) is 0 Å². The Morgan fingerprint density at radius 1 is 1.44 bits per heavy atom. The summed E-state index contributed by atoms with van der Waals surface area (Å²) in [6.45, 7) is 4.73. The molecular formula is C14H20O2. The Bertz CT molecular complexity index is 362. The fraction of sp³-hybridized carbons (Fsp3) is 0.571. The molecule has 1 aromatic carbocycles. The minimum absolute atomic E-state index is 0.314. The number of para-hydroxylation sites is 1. The van der Waals surface area contributed by atoms with Crippen molar-refractivity contribution in [3.8, 4) is 5.75 Å². The summed E-state index contributed by atoms with van der Waals surface area (Å²) in [6, 6.07) is 7.87. The predicted octanol–water partition coefficient (Wildman–Crippen LogP) is 3.09. The summed E-state index contributed by atoms with van der Waals surface area (Å²) in [7, 11) is 0. The van der Waals surface area contributed by atoms with Crippen LogP contribution >= 0.6 is 0 Å². The zero-order valence-corrected chi connectivity index (χ0v) is 10.1. The Morgan fingerprint density at radius 2 is 2.19 bits per heavy atom. The maximum Gasteiger partial charge on any atom is 0.125 e. The Balaban J connectivity index is 2.38. The van der Waals surface area contributed by atoms with Crippen LogP contribution in [0.15, 0.2) is 24.3 Å². The number of benzene rings is 1. The normalized spacial score (nSPS) is 29.3. The van der Waals surface area contributed by atoms with Crippen molar-refractivity contribution < 1.29 is 9.84 Å². The molecule has 1 aliphatic carbocycles. The molecule has 0 aliphatic heterocycles. The van der Waals surface area contributed by atoms with E-state index >= 15 is 0 Å². The number of hydrogen-bond donors (Lipinski definition) is 1. The van der Waals surface area contributed by atoms with Gasteiger partial charge in [-0.15, -0.1) is 0 Å². The quantitative estimate of drug-likeness (QED) is 0.848. The molecule has 0 heterocycles. The van der Waals surface area contributed by atoms with Gasteiger partial charge in [-0.25, -0.2) is 0 Å². The molecule has 0 saturated heterocycles. The van der Waals surface area contributed by atoms with Gasteiger partial charge in [-0.2, -0.15) is 0 Å². The summed E-state index contributed by atoms with van der Waals surface area (Å²) in [4.78, 5) is 0. The molecular weight excluding hydrogens is 200 g/mol. The molecule has 88 valence electrons. The second kappa shape index (κ2) is 4.46. The molecule has 0 spiro atoms. The minimum Gasteiger partial charge on any atom is -0.493 e. The maximum atomic E-state index is 10.8. The molecule has 0 aromatic heterocycles. The van der Waals surface area contributed by atoms with E-state index in [2.05, 4.69) is 6.92 Å². The lowest BCUT2D eigenvalue weighted by molar-refractivity contribution is 0.00203. The van der Waals surface area contributed by atoms with Gasteiger partial charge in [0.2, 0.25) is 0 Å². The first-order valence-electron chi connectivity index (χ1n) is 6.13. The van der Waals surface area contributed by atoms with Crippen LogP contribution in [0.3, 0.4) is 0 Å². The highest BCUT2D eigenvalue weighted by molar-refractivity contribution is 5.39. The summed E-state index contributed by atoms with van der Waals surface area (Å²) in [5, 5.41) is 10.8. The molecule has 0 radical (unpaired) electrons. The van der Waals surface area contributed by atoms with Gasteiger partial charge in [0.25, 0.3) is 0 Å². The van der Waals surface area contributed by atoms with Gasteiger partial charge >= 0.3 is 0 Å². The van der Waals surface area contributed by atoms with Crippen molar-refractivity contribution in [3.05, 3.63) is 29.8 Å². The highest BCUT2D eigenvalue weighted by atomic mass is 16.5. The summed E-state index contributed by atoms with van der Waals surface area (Å²) < 4.78 is 5.60. The van der Waals surface area contributed by atoms with Crippen molar-refractivity contribution in [1.29, 1.82) is 0 Å². The highest BCUT2D eigenvalue weighted by Crippen LogP contribution is 2.46. The monoisotopic (exact) mass is 220 g/mol. The minimum atomic E-state index is -0.689.